The molecule has 0 aromatic carbocycles. The number of hydrogen-bond acceptors (Lipinski definition) is 1. The van der Waals surface area contributed by atoms with Crippen LogP contribution in [-0.2, 0) is 0 Å². The van der Waals surface area contributed by atoms with Gasteiger partial charge in [-0.1, -0.05) is 11.6 Å². The molecule has 1 nitrogen and oxygen atoms in total. The first-order chi connectivity index (χ1) is 6.22. The lowest BCUT2D eigenvalue weighted by Gasteiger charge is -2.10. The summed E-state index contributed by atoms with van der Waals surface area (Å²) in [6, 6.07) is 0. The van der Waals surface area contributed by atoms with Crippen LogP contribution in [0.1, 0.15) is 26.2 Å². The van der Waals surface area contributed by atoms with Crippen molar-refractivity contribution >= 4 is 23.2 Å². The fourth-order valence-corrected chi connectivity index (χ4v) is 2.17. The molecule has 0 heterocycles. The highest BCUT2D eigenvalue weighted by Gasteiger charge is 2.21. The van der Waals surface area contributed by atoms with Crippen LogP contribution in [-0.4, -0.2) is 18.5 Å². The maximum atomic E-state index is 6.02. The van der Waals surface area contributed by atoms with Gasteiger partial charge in [-0.05, 0) is 44.2 Å². The maximum Gasteiger partial charge on any atom is 0.0339 e. The van der Waals surface area contributed by atoms with Gasteiger partial charge in [0.25, 0.3) is 0 Å². The van der Waals surface area contributed by atoms with E-state index >= 15 is 0 Å². The minimum absolute atomic E-state index is 0.413. The molecule has 1 fully saturated rings. The lowest BCUT2D eigenvalue weighted by atomic mass is 10.1. The van der Waals surface area contributed by atoms with Crippen molar-refractivity contribution in [2.45, 2.75) is 31.6 Å². The Bertz CT molecular complexity index is 180. The molecule has 2 atom stereocenters. The summed E-state index contributed by atoms with van der Waals surface area (Å²) >= 11 is 11.6. The van der Waals surface area contributed by atoms with Gasteiger partial charge in [0.2, 0.25) is 0 Å². The van der Waals surface area contributed by atoms with E-state index < -0.39 is 0 Å². The van der Waals surface area contributed by atoms with Gasteiger partial charge < -0.3 is 5.32 Å². The third-order valence-corrected chi connectivity index (χ3v) is 3.27. The van der Waals surface area contributed by atoms with E-state index in [0.29, 0.717) is 5.38 Å². The molecule has 0 bridgehead atoms. The first kappa shape index (κ1) is 11.4. The van der Waals surface area contributed by atoms with Crippen LogP contribution < -0.4 is 5.32 Å². The lowest BCUT2D eigenvalue weighted by Crippen LogP contribution is -2.23. The van der Waals surface area contributed by atoms with E-state index in [1.54, 1.807) is 5.54 Å². The van der Waals surface area contributed by atoms with E-state index in [0.717, 1.165) is 25.4 Å². The molecular formula is C10H17Cl2N. The topological polar surface area (TPSA) is 12.0 Å². The summed E-state index contributed by atoms with van der Waals surface area (Å²) in [4.78, 5) is 0. The molecule has 0 aromatic rings. The Hall–Kier alpha value is 0.280. The molecule has 1 aliphatic rings. The van der Waals surface area contributed by atoms with Crippen molar-refractivity contribution in [2.75, 3.05) is 13.1 Å². The molecule has 0 aliphatic heterocycles. The minimum atomic E-state index is 0.413. The zero-order valence-corrected chi connectivity index (χ0v) is 9.54. The van der Waals surface area contributed by atoms with Gasteiger partial charge >= 0.3 is 0 Å². The lowest BCUT2D eigenvalue weighted by molar-refractivity contribution is 0.502. The fourth-order valence-electron chi connectivity index (χ4n) is 1.71. The number of alkyl halides is 1. The SMILES string of the molecule is CC(=CCl)CNCC1CCC(Cl)C1. The van der Waals surface area contributed by atoms with E-state index in [9.17, 15) is 0 Å². The van der Waals surface area contributed by atoms with Gasteiger partial charge in [0.05, 0.1) is 0 Å². The molecule has 0 radical (unpaired) electrons. The van der Waals surface area contributed by atoms with Crippen LogP contribution in [0.5, 0.6) is 0 Å². The average Bonchev–Trinajstić information content (AvgIpc) is 2.51. The third-order valence-electron chi connectivity index (χ3n) is 2.50. The zero-order chi connectivity index (χ0) is 9.68. The molecule has 0 amide bonds. The normalized spacial score (nSPS) is 29.6. The van der Waals surface area contributed by atoms with Crippen LogP contribution in [0, 0.1) is 5.92 Å². The summed E-state index contributed by atoms with van der Waals surface area (Å²) in [7, 11) is 0. The summed E-state index contributed by atoms with van der Waals surface area (Å²) in [5.74, 6) is 0.769. The largest absolute Gasteiger partial charge is 0.313 e. The van der Waals surface area contributed by atoms with Crippen molar-refractivity contribution in [2.24, 2.45) is 5.92 Å². The number of halogens is 2. The molecule has 1 rings (SSSR count). The number of nitrogens with one attached hydrogen (secondary N) is 1. The highest BCUT2D eigenvalue weighted by Crippen LogP contribution is 2.28. The first-order valence-electron chi connectivity index (χ1n) is 4.83. The van der Waals surface area contributed by atoms with E-state index in [-0.39, 0.29) is 0 Å². The molecule has 1 aliphatic carbocycles. The van der Waals surface area contributed by atoms with E-state index in [1.807, 2.05) is 6.92 Å². The Balaban J connectivity index is 2.06. The van der Waals surface area contributed by atoms with Crippen LogP contribution in [0.2, 0.25) is 0 Å². The molecule has 0 spiro atoms. The summed E-state index contributed by atoms with van der Waals surface area (Å²) in [6.07, 6.45) is 3.61. The highest BCUT2D eigenvalue weighted by molar-refractivity contribution is 6.25. The summed E-state index contributed by atoms with van der Waals surface area (Å²) in [6.45, 7) is 4.00. The molecule has 13 heavy (non-hydrogen) atoms. The molecule has 2 unspecified atom stereocenters. The predicted molar refractivity (Wildman–Crippen MR) is 59.5 cm³/mol. The van der Waals surface area contributed by atoms with Crippen molar-refractivity contribution < 1.29 is 0 Å². The fraction of sp³-hybridized carbons (Fsp3) is 0.800. The van der Waals surface area contributed by atoms with Crippen molar-refractivity contribution in [3.63, 3.8) is 0 Å². The molecule has 0 aromatic heterocycles. The summed E-state index contributed by atoms with van der Waals surface area (Å²) < 4.78 is 0. The van der Waals surface area contributed by atoms with Crippen molar-refractivity contribution in [3.05, 3.63) is 11.1 Å². The van der Waals surface area contributed by atoms with Gasteiger partial charge in [-0.3, -0.25) is 0 Å². The average molecular weight is 222 g/mol. The molecule has 1 N–H and O–H groups in total. The first-order valence-corrected chi connectivity index (χ1v) is 5.70. The molecule has 3 heteroatoms. The second-order valence-electron chi connectivity index (χ2n) is 3.86. The van der Waals surface area contributed by atoms with Crippen molar-refractivity contribution in [3.8, 4) is 0 Å². The van der Waals surface area contributed by atoms with Crippen LogP contribution in [0.25, 0.3) is 0 Å². The quantitative estimate of drug-likeness (QED) is 0.720. The van der Waals surface area contributed by atoms with Gasteiger partial charge in [-0.15, -0.1) is 11.6 Å². The van der Waals surface area contributed by atoms with Gasteiger partial charge in [-0.2, -0.15) is 0 Å². The maximum absolute atomic E-state index is 6.02. The Labute approximate surface area is 90.5 Å². The summed E-state index contributed by atoms with van der Waals surface area (Å²) in [5.41, 5.74) is 2.81. The van der Waals surface area contributed by atoms with Gasteiger partial charge in [0.1, 0.15) is 0 Å². The van der Waals surface area contributed by atoms with Crippen LogP contribution in [0.3, 0.4) is 0 Å². The van der Waals surface area contributed by atoms with E-state index in [4.69, 9.17) is 23.2 Å². The standard InChI is InChI=1S/C10H17Cl2N/c1-8(5-11)6-13-7-9-2-3-10(12)4-9/h5,9-10,13H,2-4,6-7H2,1H3. The van der Waals surface area contributed by atoms with Gasteiger partial charge in [0.15, 0.2) is 0 Å². The Morgan fingerprint density at radius 3 is 2.85 bits per heavy atom. The predicted octanol–water partition coefficient (Wildman–Crippen LogP) is 3.13. The second kappa shape index (κ2) is 5.90. The van der Waals surface area contributed by atoms with Crippen molar-refractivity contribution in [1.82, 2.24) is 5.32 Å². The molecule has 76 valence electrons. The van der Waals surface area contributed by atoms with E-state index in [1.165, 1.54) is 18.4 Å². The third kappa shape index (κ3) is 4.35. The molecule has 1 saturated carbocycles. The Morgan fingerprint density at radius 1 is 1.54 bits per heavy atom. The van der Waals surface area contributed by atoms with E-state index in [2.05, 4.69) is 5.32 Å². The van der Waals surface area contributed by atoms with Crippen molar-refractivity contribution in [1.29, 1.82) is 0 Å². The number of rotatable bonds is 4. The number of hydrogen-bond donors (Lipinski definition) is 1. The smallest absolute Gasteiger partial charge is 0.0339 e. The van der Waals surface area contributed by atoms with Crippen LogP contribution in [0.4, 0.5) is 0 Å². The highest BCUT2D eigenvalue weighted by atomic mass is 35.5. The molecular weight excluding hydrogens is 205 g/mol. The van der Waals surface area contributed by atoms with Crippen LogP contribution in [0.15, 0.2) is 11.1 Å². The summed E-state index contributed by atoms with van der Waals surface area (Å²) in [5, 5.41) is 3.80. The zero-order valence-electron chi connectivity index (χ0n) is 8.02. The molecule has 0 saturated heterocycles. The minimum Gasteiger partial charge on any atom is -0.313 e. The Morgan fingerprint density at radius 2 is 2.31 bits per heavy atom. The monoisotopic (exact) mass is 221 g/mol. The second-order valence-corrected chi connectivity index (χ2v) is 4.70. The Kier molecular flexibility index (Phi) is 5.15. The van der Waals surface area contributed by atoms with Gasteiger partial charge in [0, 0.05) is 17.5 Å². The van der Waals surface area contributed by atoms with Gasteiger partial charge in [-0.25, -0.2) is 0 Å². The van der Waals surface area contributed by atoms with Crippen LogP contribution >= 0.6 is 23.2 Å².